The van der Waals surface area contributed by atoms with Crippen LogP contribution in [0.1, 0.15) is 61.6 Å². The van der Waals surface area contributed by atoms with E-state index in [0.717, 1.165) is 11.1 Å². The molecule has 2 aliphatic heterocycles. The third-order valence-corrected chi connectivity index (χ3v) is 6.97. The van der Waals surface area contributed by atoms with E-state index in [0.29, 0.717) is 39.9 Å². The minimum absolute atomic E-state index is 0.201. The number of benzene rings is 4. The van der Waals surface area contributed by atoms with Crippen molar-refractivity contribution in [3.05, 3.63) is 125 Å². The third kappa shape index (κ3) is 4.34. The van der Waals surface area contributed by atoms with Crippen molar-refractivity contribution in [2.75, 3.05) is 0 Å². The quantitative estimate of drug-likeness (QED) is 0.200. The first kappa shape index (κ1) is 24.2. The van der Waals surface area contributed by atoms with E-state index in [2.05, 4.69) is 25.2 Å². The van der Waals surface area contributed by atoms with E-state index in [-0.39, 0.29) is 16.5 Å². The van der Waals surface area contributed by atoms with Crippen LogP contribution in [0.15, 0.2) is 91.5 Å². The van der Waals surface area contributed by atoms with Crippen molar-refractivity contribution >= 4 is 23.7 Å². The summed E-state index contributed by atoms with van der Waals surface area (Å²) in [5.41, 5.74) is 3.40. The fourth-order valence-corrected chi connectivity index (χ4v) is 4.67. The maximum atomic E-state index is 12.0. The van der Waals surface area contributed by atoms with Crippen LogP contribution in [0.2, 0.25) is 0 Å². The van der Waals surface area contributed by atoms with Gasteiger partial charge in [0, 0.05) is 11.0 Å². The molecule has 0 saturated heterocycles. The van der Waals surface area contributed by atoms with E-state index in [9.17, 15) is 14.4 Å². The summed E-state index contributed by atoms with van der Waals surface area (Å²) in [5, 5.41) is 0. The zero-order valence-corrected chi connectivity index (χ0v) is 21.1. The summed E-state index contributed by atoms with van der Waals surface area (Å²) in [6.07, 6.45) is 0. The predicted molar refractivity (Wildman–Crippen MR) is 142 cm³/mol. The Morgan fingerprint density at radius 1 is 0.538 bits per heavy atom. The number of carbonyl (C=O) groups excluding carboxylic acids is 3. The van der Waals surface area contributed by atoms with Crippen LogP contribution in [0, 0.1) is 0 Å². The van der Waals surface area contributed by atoms with Crippen molar-refractivity contribution in [2.24, 2.45) is 0 Å². The summed E-state index contributed by atoms with van der Waals surface area (Å²) in [5.74, 6) is 0.818. The molecule has 0 atom stereocenters. The minimum atomic E-state index is -0.669. The van der Waals surface area contributed by atoms with Gasteiger partial charge in [-0.15, -0.1) is 0 Å². The van der Waals surface area contributed by atoms with Crippen LogP contribution in [0.4, 0.5) is 0 Å². The maximum absolute atomic E-state index is 12.0. The Hall–Kier alpha value is -5.17. The molecule has 0 unspecified atom stereocenters. The van der Waals surface area contributed by atoms with Crippen LogP contribution in [0.25, 0.3) is 5.76 Å². The van der Waals surface area contributed by atoms with E-state index in [1.807, 2.05) is 48.5 Å². The Morgan fingerprint density at radius 2 is 0.949 bits per heavy atom. The molecule has 39 heavy (non-hydrogen) atoms. The summed E-state index contributed by atoms with van der Waals surface area (Å²) in [7, 11) is 0. The van der Waals surface area contributed by atoms with E-state index in [4.69, 9.17) is 14.2 Å². The molecule has 0 radical (unpaired) electrons. The van der Waals surface area contributed by atoms with E-state index in [1.165, 1.54) is 12.1 Å². The molecule has 0 fully saturated rings. The second-order valence-electron chi connectivity index (χ2n) is 9.78. The monoisotopic (exact) mass is 518 g/mol. The SMILES string of the molecule is C=C1OC(=O)c2cc(Oc3ccc(C(C)(C)c4ccc(Oc5ccc6c(c5)C(=O)OC6=O)cc4)cc3)ccc21. The second kappa shape index (κ2) is 8.99. The van der Waals surface area contributed by atoms with Gasteiger partial charge in [-0.3, -0.25) is 0 Å². The molecular formula is C32H22O7. The zero-order chi connectivity index (χ0) is 27.3. The lowest BCUT2D eigenvalue weighted by atomic mass is 9.78. The number of esters is 3. The van der Waals surface area contributed by atoms with Gasteiger partial charge in [0.2, 0.25) is 0 Å². The van der Waals surface area contributed by atoms with Gasteiger partial charge < -0.3 is 18.9 Å². The number of cyclic esters (lactones) is 3. The van der Waals surface area contributed by atoms with Gasteiger partial charge in [0.25, 0.3) is 0 Å². The number of hydrogen-bond acceptors (Lipinski definition) is 7. The lowest BCUT2D eigenvalue weighted by molar-refractivity contribution is 0.0443. The minimum Gasteiger partial charge on any atom is -0.457 e. The molecule has 0 aromatic heterocycles. The average Bonchev–Trinajstić information content (AvgIpc) is 3.37. The first-order chi connectivity index (χ1) is 18.7. The van der Waals surface area contributed by atoms with Gasteiger partial charge in [-0.2, -0.15) is 0 Å². The summed E-state index contributed by atoms with van der Waals surface area (Å²) in [6.45, 7) is 7.99. The first-order valence-corrected chi connectivity index (χ1v) is 12.2. The summed E-state index contributed by atoms with van der Waals surface area (Å²) in [4.78, 5) is 35.4. The predicted octanol–water partition coefficient (Wildman–Crippen LogP) is 7.05. The largest absolute Gasteiger partial charge is 0.457 e. The molecule has 192 valence electrons. The molecule has 2 aliphatic rings. The molecule has 0 aliphatic carbocycles. The highest BCUT2D eigenvalue weighted by Crippen LogP contribution is 2.36. The van der Waals surface area contributed by atoms with Crippen LogP contribution in [-0.4, -0.2) is 17.9 Å². The molecule has 0 bridgehead atoms. The van der Waals surface area contributed by atoms with Crippen molar-refractivity contribution in [3.63, 3.8) is 0 Å². The van der Waals surface area contributed by atoms with Gasteiger partial charge in [0.1, 0.15) is 28.8 Å². The van der Waals surface area contributed by atoms with Gasteiger partial charge >= 0.3 is 17.9 Å². The smallest absolute Gasteiger partial charge is 0.347 e. The Bertz CT molecular complexity index is 1550. The number of fused-ring (bicyclic) bond motifs is 2. The molecule has 0 amide bonds. The van der Waals surface area contributed by atoms with Crippen LogP contribution >= 0.6 is 0 Å². The van der Waals surface area contributed by atoms with Crippen molar-refractivity contribution < 1.29 is 33.3 Å². The molecule has 7 heteroatoms. The molecule has 4 aromatic rings. The molecule has 4 aromatic carbocycles. The fourth-order valence-electron chi connectivity index (χ4n) is 4.67. The Balaban J connectivity index is 1.15. The molecular weight excluding hydrogens is 496 g/mol. The lowest BCUT2D eigenvalue weighted by Gasteiger charge is -2.26. The molecule has 0 spiro atoms. The Labute approximate surface area is 224 Å². The van der Waals surface area contributed by atoms with Gasteiger partial charge in [-0.25, -0.2) is 14.4 Å². The Morgan fingerprint density at radius 3 is 1.49 bits per heavy atom. The highest BCUT2D eigenvalue weighted by molar-refractivity contribution is 6.14. The normalized spacial score (nSPS) is 14.0. The topological polar surface area (TPSA) is 88.1 Å². The molecule has 2 heterocycles. The first-order valence-electron chi connectivity index (χ1n) is 12.2. The number of hydrogen-bond donors (Lipinski definition) is 0. The molecule has 0 saturated carbocycles. The zero-order valence-electron chi connectivity index (χ0n) is 21.1. The number of ether oxygens (including phenoxy) is 4. The van der Waals surface area contributed by atoms with Gasteiger partial charge in [-0.05, 0) is 71.8 Å². The third-order valence-electron chi connectivity index (χ3n) is 6.97. The number of carbonyl (C=O) groups is 3. The van der Waals surface area contributed by atoms with Crippen LogP contribution in [0.3, 0.4) is 0 Å². The van der Waals surface area contributed by atoms with Crippen LogP contribution in [0.5, 0.6) is 23.0 Å². The highest BCUT2D eigenvalue weighted by Gasteiger charge is 2.30. The second-order valence-corrected chi connectivity index (χ2v) is 9.78. The Kier molecular flexibility index (Phi) is 5.57. The molecule has 7 nitrogen and oxygen atoms in total. The van der Waals surface area contributed by atoms with Crippen LogP contribution < -0.4 is 9.47 Å². The maximum Gasteiger partial charge on any atom is 0.347 e. The van der Waals surface area contributed by atoms with Crippen molar-refractivity contribution in [1.29, 1.82) is 0 Å². The van der Waals surface area contributed by atoms with Gasteiger partial charge in [-0.1, -0.05) is 44.7 Å². The van der Waals surface area contributed by atoms with E-state index < -0.39 is 17.9 Å². The number of rotatable bonds is 6. The van der Waals surface area contributed by atoms with Gasteiger partial charge in [0.05, 0.1) is 16.7 Å². The van der Waals surface area contributed by atoms with E-state index in [1.54, 1.807) is 24.3 Å². The summed E-state index contributed by atoms with van der Waals surface area (Å²) >= 11 is 0. The van der Waals surface area contributed by atoms with Crippen molar-refractivity contribution in [3.8, 4) is 23.0 Å². The van der Waals surface area contributed by atoms with Crippen molar-refractivity contribution in [1.82, 2.24) is 0 Å². The molecule has 6 rings (SSSR count). The standard InChI is InChI=1S/C32H22O7/c1-18-25-14-12-23(16-27(25)30(34)36-18)37-21-8-4-19(5-9-21)32(2,3)20-6-10-22(11-7-20)38-24-13-15-26-28(17-24)31(35)39-29(26)33/h4-17H,1H2,2-3H3. The molecule has 0 N–H and O–H groups in total. The van der Waals surface area contributed by atoms with Gasteiger partial charge in [0.15, 0.2) is 0 Å². The lowest BCUT2D eigenvalue weighted by Crippen LogP contribution is -2.18. The summed E-state index contributed by atoms with van der Waals surface area (Å²) < 4.78 is 21.6. The fraction of sp³-hybridized carbons (Fsp3) is 0.0938. The summed E-state index contributed by atoms with van der Waals surface area (Å²) in [6, 6.07) is 25.4. The van der Waals surface area contributed by atoms with Crippen molar-refractivity contribution in [2.45, 2.75) is 19.3 Å². The highest BCUT2D eigenvalue weighted by atomic mass is 16.6. The average molecular weight is 519 g/mol. The van der Waals surface area contributed by atoms with Crippen LogP contribution in [-0.2, 0) is 14.9 Å². The van der Waals surface area contributed by atoms with E-state index >= 15 is 0 Å².